The number of carboxylic acids is 1. The Morgan fingerprint density at radius 1 is 1.03 bits per heavy atom. The van der Waals surface area contributed by atoms with Gasteiger partial charge in [-0.15, -0.1) is 0 Å². The first-order chi connectivity index (χ1) is 17.0. The van der Waals surface area contributed by atoms with E-state index in [0.717, 1.165) is 0 Å². The molecule has 2 aromatic carbocycles. The van der Waals surface area contributed by atoms with E-state index in [9.17, 15) is 44.7 Å². The van der Waals surface area contributed by atoms with E-state index in [1.807, 2.05) is 0 Å². The van der Waals surface area contributed by atoms with E-state index in [-0.39, 0.29) is 35.3 Å². The largest absolute Gasteiger partial charge is 0.508 e. The first-order valence-electron chi connectivity index (χ1n) is 11.1. The zero-order chi connectivity index (χ0) is 26.1. The summed E-state index contributed by atoms with van der Waals surface area (Å²) in [5.74, 6) is -8.10. The van der Waals surface area contributed by atoms with Gasteiger partial charge in [0.2, 0.25) is 5.78 Å². The summed E-state index contributed by atoms with van der Waals surface area (Å²) in [6, 6.07) is 8.98. The lowest BCUT2D eigenvalue weighted by atomic mass is 9.59. The maximum Gasteiger partial charge on any atom is 0.335 e. The minimum absolute atomic E-state index is 0.00712. The van der Waals surface area contributed by atoms with Crippen LogP contribution in [0.4, 0.5) is 0 Å². The fraction of sp³-hybridized carbons (Fsp3) is 0.231. The maximum atomic E-state index is 13.5. The van der Waals surface area contributed by atoms with Gasteiger partial charge in [0, 0.05) is 17.9 Å². The molecule has 3 aliphatic rings. The highest BCUT2D eigenvalue weighted by Crippen LogP contribution is 2.53. The molecule has 0 spiro atoms. The number of aromatic hydroxyl groups is 1. The van der Waals surface area contributed by atoms with Gasteiger partial charge >= 0.3 is 5.97 Å². The number of phenols is 1. The Bertz CT molecular complexity index is 1470. The molecule has 1 unspecified atom stereocenters. The lowest BCUT2D eigenvalue weighted by Gasteiger charge is -2.46. The summed E-state index contributed by atoms with van der Waals surface area (Å²) in [4.78, 5) is 49.2. The van der Waals surface area contributed by atoms with Crippen molar-refractivity contribution in [2.45, 2.75) is 24.9 Å². The molecule has 1 amide bonds. The van der Waals surface area contributed by atoms with Gasteiger partial charge in [0.15, 0.2) is 11.4 Å². The zero-order valence-electron chi connectivity index (χ0n) is 18.7. The van der Waals surface area contributed by atoms with Crippen LogP contribution >= 0.6 is 0 Å². The zero-order valence-corrected chi connectivity index (χ0v) is 18.7. The summed E-state index contributed by atoms with van der Waals surface area (Å²) in [5, 5.41) is 53.0. The topological polar surface area (TPSA) is 195 Å². The van der Waals surface area contributed by atoms with Crippen LogP contribution in [0.3, 0.4) is 0 Å². The Kier molecular flexibility index (Phi) is 5.04. The molecule has 184 valence electrons. The third-order valence-electron chi connectivity index (χ3n) is 7.37. The summed E-state index contributed by atoms with van der Waals surface area (Å²) in [6.45, 7) is 0. The Balaban J connectivity index is 1.70. The van der Waals surface area contributed by atoms with E-state index >= 15 is 0 Å². The predicted octanol–water partition coefficient (Wildman–Crippen LogP) is 1.79. The van der Waals surface area contributed by atoms with Crippen molar-refractivity contribution in [2.75, 3.05) is 0 Å². The smallest absolute Gasteiger partial charge is 0.335 e. The number of ketones is 2. The van der Waals surface area contributed by atoms with Crippen LogP contribution in [0.2, 0.25) is 0 Å². The number of hydrogen-bond donors (Lipinski definition) is 6. The average Bonchev–Trinajstić information content (AvgIpc) is 2.81. The van der Waals surface area contributed by atoms with Crippen LogP contribution in [0, 0.1) is 11.8 Å². The molecule has 10 heteroatoms. The van der Waals surface area contributed by atoms with Gasteiger partial charge in [-0.25, -0.2) is 4.79 Å². The molecule has 0 radical (unpaired) electrons. The van der Waals surface area contributed by atoms with Crippen LogP contribution in [-0.2, 0) is 20.8 Å². The maximum absolute atomic E-state index is 13.5. The van der Waals surface area contributed by atoms with Crippen molar-refractivity contribution in [1.82, 2.24) is 0 Å². The Morgan fingerprint density at radius 2 is 1.75 bits per heavy atom. The SMILES string of the molecule is NC(=O)C1=C(O)[C@@]2(O)C(=O)C3=C(O)c4c(O)ccc(-c5cccc(C(=O)O)c5)c4C[C@H]3CC2CC1=O. The van der Waals surface area contributed by atoms with Crippen LogP contribution in [0.5, 0.6) is 5.75 Å². The van der Waals surface area contributed by atoms with E-state index < -0.39 is 64.4 Å². The van der Waals surface area contributed by atoms with Crippen LogP contribution in [0.1, 0.15) is 34.3 Å². The number of aromatic carboxylic acids is 1. The number of carbonyl (C=O) groups is 4. The number of primary amides is 1. The van der Waals surface area contributed by atoms with Crippen LogP contribution in [-0.4, -0.2) is 54.6 Å². The molecule has 7 N–H and O–H groups in total. The number of fused-ring (bicyclic) bond motifs is 3. The first-order valence-corrected chi connectivity index (χ1v) is 11.1. The van der Waals surface area contributed by atoms with Crippen molar-refractivity contribution in [2.24, 2.45) is 17.6 Å². The molecule has 1 saturated carbocycles. The minimum Gasteiger partial charge on any atom is -0.508 e. The van der Waals surface area contributed by atoms with Gasteiger partial charge in [-0.2, -0.15) is 0 Å². The Labute approximate surface area is 203 Å². The van der Waals surface area contributed by atoms with Crippen molar-refractivity contribution in [3.05, 3.63) is 70.0 Å². The standard InChI is InChI=1S/C26H21NO9/c27-24(33)20-17(29)9-13-7-12-8-15-14(10-2-1-3-11(6-10)25(34)35)4-5-16(28)19(15)21(30)18(12)22(31)26(13,36)23(20)32/h1-6,12-13,28,30,32,36H,7-9H2,(H2,27,33)(H,34,35)/t12-,13?,26+/m1/s1. The average molecular weight is 491 g/mol. The molecule has 0 aromatic heterocycles. The number of aliphatic hydroxyl groups is 3. The lowest BCUT2D eigenvalue weighted by molar-refractivity contribution is -0.147. The quantitative estimate of drug-likeness (QED) is 0.347. The molecule has 10 nitrogen and oxygen atoms in total. The van der Waals surface area contributed by atoms with Crippen molar-refractivity contribution in [3.63, 3.8) is 0 Å². The Hall–Kier alpha value is -4.44. The van der Waals surface area contributed by atoms with Crippen LogP contribution < -0.4 is 5.73 Å². The minimum atomic E-state index is -2.63. The van der Waals surface area contributed by atoms with Gasteiger partial charge < -0.3 is 31.3 Å². The van der Waals surface area contributed by atoms with Crippen molar-refractivity contribution in [1.29, 1.82) is 0 Å². The van der Waals surface area contributed by atoms with Gasteiger partial charge in [-0.1, -0.05) is 18.2 Å². The second-order valence-corrected chi connectivity index (χ2v) is 9.28. The van der Waals surface area contributed by atoms with E-state index in [1.165, 1.54) is 18.2 Å². The molecule has 0 saturated heterocycles. The highest BCUT2D eigenvalue weighted by molar-refractivity contribution is 6.22. The molecule has 0 bridgehead atoms. The van der Waals surface area contributed by atoms with Gasteiger partial charge in [-0.3, -0.25) is 14.4 Å². The number of nitrogens with two attached hydrogens (primary N) is 1. The molecular formula is C26H21NO9. The highest BCUT2D eigenvalue weighted by Gasteiger charge is 2.60. The highest BCUT2D eigenvalue weighted by atomic mass is 16.4. The van der Waals surface area contributed by atoms with Crippen molar-refractivity contribution >= 4 is 29.2 Å². The Morgan fingerprint density at radius 3 is 2.42 bits per heavy atom. The molecule has 36 heavy (non-hydrogen) atoms. The number of phenolic OH excluding ortho intramolecular Hbond substituents is 1. The molecule has 3 atom stereocenters. The van der Waals surface area contributed by atoms with Gasteiger partial charge in [0.25, 0.3) is 5.91 Å². The van der Waals surface area contributed by atoms with Crippen molar-refractivity contribution in [3.8, 4) is 16.9 Å². The summed E-state index contributed by atoms with van der Waals surface area (Å²) in [6.07, 6.45) is -0.280. The number of amides is 1. The summed E-state index contributed by atoms with van der Waals surface area (Å²) in [5.41, 5.74) is 2.96. The summed E-state index contributed by atoms with van der Waals surface area (Å²) in [7, 11) is 0. The van der Waals surface area contributed by atoms with Gasteiger partial charge in [0.1, 0.15) is 22.8 Å². The molecule has 1 fully saturated rings. The third-order valence-corrected chi connectivity index (χ3v) is 7.37. The van der Waals surface area contributed by atoms with Gasteiger partial charge in [0.05, 0.1) is 11.1 Å². The fourth-order valence-corrected chi connectivity index (χ4v) is 5.71. The second-order valence-electron chi connectivity index (χ2n) is 9.28. The van der Waals surface area contributed by atoms with Crippen LogP contribution in [0.25, 0.3) is 16.9 Å². The molecular weight excluding hydrogens is 470 g/mol. The second kappa shape index (κ2) is 7.79. The lowest BCUT2D eigenvalue weighted by Crippen LogP contribution is -2.58. The molecule has 0 heterocycles. The van der Waals surface area contributed by atoms with E-state index in [4.69, 9.17) is 5.73 Å². The first kappa shape index (κ1) is 23.3. The van der Waals surface area contributed by atoms with E-state index in [0.29, 0.717) is 16.7 Å². The number of Topliss-reactive ketones (excluding diaryl/α,β-unsaturated/α-hetero) is 2. The molecule has 5 rings (SSSR count). The van der Waals surface area contributed by atoms with Crippen LogP contribution in [0.15, 0.2) is 53.3 Å². The predicted molar refractivity (Wildman–Crippen MR) is 124 cm³/mol. The summed E-state index contributed by atoms with van der Waals surface area (Å²) >= 11 is 0. The number of carbonyl (C=O) groups excluding carboxylic acids is 3. The number of benzene rings is 2. The summed E-state index contributed by atoms with van der Waals surface area (Å²) < 4.78 is 0. The van der Waals surface area contributed by atoms with Gasteiger partial charge in [-0.05, 0) is 53.6 Å². The number of rotatable bonds is 3. The normalized spacial score (nSPS) is 25.2. The number of hydrogen-bond acceptors (Lipinski definition) is 8. The van der Waals surface area contributed by atoms with E-state index in [1.54, 1.807) is 18.2 Å². The van der Waals surface area contributed by atoms with E-state index in [2.05, 4.69) is 0 Å². The number of carboxylic acid groups (broad SMARTS) is 1. The molecule has 2 aromatic rings. The molecule has 3 aliphatic carbocycles. The molecule has 0 aliphatic heterocycles. The number of aliphatic hydroxyl groups excluding tert-OH is 2. The fourth-order valence-electron chi connectivity index (χ4n) is 5.71. The van der Waals surface area contributed by atoms with Crippen molar-refractivity contribution < 1.29 is 44.7 Å². The monoisotopic (exact) mass is 491 g/mol. The third kappa shape index (κ3) is 3.07.